The van der Waals surface area contributed by atoms with Gasteiger partial charge < -0.3 is 5.11 Å². The van der Waals surface area contributed by atoms with E-state index in [4.69, 9.17) is 5.11 Å². The second-order valence-electron chi connectivity index (χ2n) is 3.94. The molecule has 0 aliphatic heterocycles. The molecule has 0 spiro atoms. The van der Waals surface area contributed by atoms with Crippen molar-refractivity contribution in [2.45, 2.75) is 31.6 Å². The van der Waals surface area contributed by atoms with E-state index >= 15 is 0 Å². The monoisotopic (exact) mass is 254 g/mol. The predicted molar refractivity (Wildman–Crippen MR) is 61.5 cm³/mol. The van der Waals surface area contributed by atoms with Gasteiger partial charge in [0.15, 0.2) is 0 Å². The first kappa shape index (κ1) is 10.2. The van der Waals surface area contributed by atoms with Crippen LogP contribution in [0.1, 0.15) is 36.3 Å². The zero-order valence-electron chi connectivity index (χ0n) is 8.17. The molecule has 76 valence electrons. The number of fused-ring (bicyclic) bond motifs is 1. The molecule has 1 nitrogen and oxygen atoms in total. The van der Waals surface area contributed by atoms with Gasteiger partial charge in [0, 0.05) is 11.1 Å². The molecule has 0 fully saturated rings. The quantitative estimate of drug-likeness (QED) is 0.860. The minimum absolute atomic E-state index is 0.306. The molecule has 0 bridgehead atoms. The molecule has 0 saturated carbocycles. The molecule has 1 atom stereocenters. The van der Waals surface area contributed by atoms with Gasteiger partial charge in [0.1, 0.15) is 0 Å². The number of aryl methyl sites for hydroxylation is 1. The van der Waals surface area contributed by atoms with Crippen LogP contribution in [-0.4, -0.2) is 11.7 Å². The Morgan fingerprint density at radius 3 is 3.07 bits per heavy atom. The van der Waals surface area contributed by atoms with Gasteiger partial charge in [-0.2, -0.15) is 0 Å². The van der Waals surface area contributed by atoms with Crippen LogP contribution in [0.15, 0.2) is 22.7 Å². The third-order valence-corrected chi connectivity index (χ3v) is 3.51. The van der Waals surface area contributed by atoms with Crippen molar-refractivity contribution in [3.05, 3.63) is 33.8 Å². The van der Waals surface area contributed by atoms with Gasteiger partial charge in [-0.15, -0.1) is 0 Å². The molecule has 0 aromatic heterocycles. The van der Waals surface area contributed by atoms with Gasteiger partial charge in [0.25, 0.3) is 0 Å². The Balaban J connectivity index is 2.30. The van der Waals surface area contributed by atoms with Crippen molar-refractivity contribution in [3.63, 3.8) is 0 Å². The zero-order chi connectivity index (χ0) is 9.97. The number of hydrogen-bond acceptors (Lipinski definition) is 1. The van der Waals surface area contributed by atoms with Crippen LogP contribution < -0.4 is 0 Å². The third kappa shape index (κ3) is 2.01. The van der Waals surface area contributed by atoms with Gasteiger partial charge >= 0.3 is 0 Å². The van der Waals surface area contributed by atoms with Crippen LogP contribution in [-0.2, 0) is 6.42 Å². The number of aliphatic hydroxyl groups is 1. The molecular formula is C12H15BrO. The van der Waals surface area contributed by atoms with Crippen molar-refractivity contribution in [3.8, 4) is 0 Å². The first-order valence-corrected chi connectivity index (χ1v) is 5.99. The van der Waals surface area contributed by atoms with Gasteiger partial charge in [-0.1, -0.05) is 22.0 Å². The molecule has 1 aliphatic carbocycles. The van der Waals surface area contributed by atoms with E-state index < -0.39 is 0 Å². The summed E-state index contributed by atoms with van der Waals surface area (Å²) in [4.78, 5) is 0. The highest BCUT2D eigenvalue weighted by molar-refractivity contribution is 9.10. The summed E-state index contributed by atoms with van der Waals surface area (Å²) >= 11 is 3.50. The van der Waals surface area contributed by atoms with Crippen LogP contribution in [0.5, 0.6) is 0 Å². The number of rotatable bonds is 2. The third-order valence-electron chi connectivity index (χ3n) is 3.02. The van der Waals surface area contributed by atoms with Crippen molar-refractivity contribution in [2.24, 2.45) is 0 Å². The highest BCUT2D eigenvalue weighted by Crippen LogP contribution is 2.34. The van der Waals surface area contributed by atoms with Crippen LogP contribution in [0.2, 0.25) is 0 Å². The number of halogens is 1. The molecule has 0 amide bonds. The van der Waals surface area contributed by atoms with Crippen LogP contribution in [0, 0.1) is 0 Å². The molecule has 14 heavy (non-hydrogen) atoms. The molecule has 1 aliphatic rings. The molecule has 1 aromatic rings. The van der Waals surface area contributed by atoms with Crippen molar-refractivity contribution >= 4 is 15.9 Å². The average molecular weight is 255 g/mol. The van der Waals surface area contributed by atoms with Gasteiger partial charge in [0.05, 0.1) is 0 Å². The lowest BCUT2D eigenvalue weighted by molar-refractivity contribution is 0.269. The molecule has 1 aromatic carbocycles. The largest absolute Gasteiger partial charge is 0.396 e. The van der Waals surface area contributed by atoms with E-state index in [1.54, 1.807) is 0 Å². The van der Waals surface area contributed by atoms with Gasteiger partial charge in [0.2, 0.25) is 0 Å². The maximum atomic E-state index is 8.99. The first-order valence-electron chi connectivity index (χ1n) is 5.20. The van der Waals surface area contributed by atoms with E-state index in [9.17, 15) is 0 Å². The minimum Gasteiger partial charge on any atom is -0.396 e. The number of hydrogen-bond donors (Lipinski definition) is 1. The highest BCUT2D eigenvalue weighted by Gasteiger charge is 2.19. The lowest BCUT2D eigenvalue weighted by atomic mass is 9.81. The smallest absolute Gasteiger partial charge is 0.0436 e. The summed E-state index contributed by atoms with van der Waals surface area (Å²) in [5.74, 6) is 0.580. The predicted octanol–water partition coefficient (Wildman–Crippen LogP) is 3.25. The maximum Gasteiger partial charge on any atom is 0.0436 e. The van der Waals surface area contributed by atoms with E-state index in [1.807, 2.05) is 0 Å². The fourth-order valence-corrected chi connectivity index (χ4v) is 2.75. The van der Waals surface area contributed by atoms with Crippen LogP contribution in [0.4, 0.5) is 0 Å². The number of aliphatic hydroxyl groups excluding tert-OH is 1. The first-order chi connectivity index (χ1) is 6.81. The summed E-state index contributed by atoms with van der Waals surface area (Å²) in [7, 11) is 0. The topological polar surface area (TPSA) is 20.2 Å². The Morgan fingerprint density at radius 2 is 2.29 bits per heavy atom. The Kier molecular flexibility index (Phi) is 3.24. The molecular weight excluding hydrogens is 240 g/mol. The molecule has 2 rings (SSSR count). The summed E-state index contributed by atoms with van der Waals surface area (Å²) in [6.45, 7) is 0.306. The van der Waals surface area contributed by atoms with E-state index in [2.05, 4.69) is 34.1 Å². The summed E-state index contributed by atoms with van der Waals surface area (Å²) in [5.41, 5.74) is 2.91. The highest BCUT2D eigenvalue weighted by atomic mass is 79.9. The van der Waals surface area contributed by atoms with Gasteiger partial charge in [-0.05, 0) is 54.9 Å². The normalized spacial score (nSPS) is 20.6. The lowest BCUT2D eigenvalue weighted by Gasteiger charge is -2.25. The van der Waals surface area contributed by atoms with E-state index in [0.29, 0.717) is 12.5 Å². The summed E-state index contributed by atoms with van der Waals surface area (Å²) in [6.07, 6.45) is 4.59. The SMILES string of the molecule is OCCC1CCCc2cc(Br)ccc21. The van der Waals surface area contributed by atoms with E-state index in [1.165, 1.54) is 34.9 Å². The molecule has 0 saturated heterocycles. The molecule has 1 N–H and O–H groups in total. The standard InChI is InChI=1S/C12H15BrO/c13-11-4-5-12-9(6-7-14)2-1-3-10(12)8-11/h4-5,8-9,14H,1-3,6-7H2. The van der Waals surface area contributed by atoms with Crippen molar-refractivity contribution in [2.75, 3.05) is 6.61 Å². The molecule has 0 heterocycles. The minimum atomic E-state index is 0.306. The summed E-state index contributed by atoms with van der Waals surface area (Å²) in [5, 5.41) is 8.99. The van der Waals surface area contributed by atoms with Crippen molar-refractivity contribution in [1.29, 1.82) is 0 Å². The average Bonchev–Trinajstić information content (AvgIpc) is 2.18. The van der Waals surface area contributed by atoms with Crippen LogP contribution in [0.25, 0.3) is 0 Å². The van der Waals surface area contributed by atoms with Crippen LogP contribution >= 0.6 is 15.9 Å². The number of benzene rings is 1. The Bertz CT molecular complexity index is 322. The fraction of sp³-hybridized carbons (Fsp3) is 0.500. The Labute approximate surface area is 93.3 Å². The summed E-state index contributed by atoms with van der Waals surface area (Å²) < 4.78 is 1.17. The van der Waals surface area contributed by atoms with Gasteiger partial charge in [-0.25, -0.2) is 0 Å². The Morgan fingerprint density at radius 1 is 1.43 bits per heavy atom. The zero-order valence-corrected chi connectivity index (χ0v) is 9.76. The second-order valence-corrected chi connectivity index (χ2v) is 4.86. The fourth-order valence-electron chi connectivity index (χ4n) is 2.34. The van der Waals surface area contributed by atoms with Gasteiger partial charge in [-0.3, -0.25) is 0 Å². The van der Waals surface area contributed by atoms with E-state index in [0.717, 1.165) is 6.42 Å². The Hall–Kier alpha value is -0.340. The summed E-state index contributed by atoms with van der Waals surface area (Å²) in [6, 6.07) is 6.53. The second kappa shape index (κ2) is 4.45. The molecule has 0 radical (unpaired) electrons. The van der Waals surface area contributed by atoms with E-state index in [-0.39, 0.29) is 0 Å². The van der Waals surface area contributed by atoms with Crippen molar-refractivity contribution in [1.82, 2.24) is 0 Å². The lowest BCUT2D eigenvalue weighted by Crippen LogP contribution is -2.11. The van der Waals surface area contributed by atoms with Crippen molar-refractivity contribution < 1.29 is 5.11 Å². The molecule has 2 heteroatoms. The van der Waals surface area contributed by atoms with Crippen LogP contribution in [0.3, 0.4) is 0 Å². The maximum absolute atomic E-state index is 8.99. The molecule has 1 unspecified atom stereocenters.